The summed E-state index contributed by atoms with van der Waals surface area (Å²) in [6, 6.07) is 18.7. The van der Waals surface area contributed by atoms with E-state index in [4.69, 9.17) is 11.6 Å². The molecule has 7 heteroatoms. The Labute approximate surface area is 187 Å². The highest BCUT2D eigenvalue weighted by Crippen LogP contribution is 2.31. The highest BCUT2D eigenvalue weighted by Gasteiger charge is 2.39. The van der Waals surface area contributed by atoms with E-state index >= 15 is 0 Å². The van der Waals surface area contributed by atoms with Gasteiger partial charge in [0.15, 0.2) is 0 Å². The minimum Gasteiger partial charge on any atom is -0.324 e. The van der Waals surface area contributed by atoms with Crippen molar-refractivity contribution in [2.24, 2.45) is 0 Å². The molecule has 4 rings (SSSR count). The lowest BCUT2D eigenvalue weighted by Gasteiger charge is -2.35. The fourth-order valence-corrected chi connectivity index (χ4v) is 5.52. The summed E-state index contributed by atoms with van der Waals surface area (Å²) in [7, 11) is -3.88. The summed E-state index contributed by atoms with van der Waals surface area (Å²) in [6.07, 6.45) is 0.298. The predicted octanol–water partition coefficient (Wildman–Crippen LogP) is 4.71. The van der Waals surface area contributed by atoms with Crippen molar-refractivity contribution in [3.63, 3.8) is 0 Å². The van der Waals surface area contributed by atoms with Gasteiger partial charge in [0.2, 0.25) is 15.9 Å². The number of anilines is 1. The molecule has 1 heterocycles. The smallest absolute Gasteiger partial charge is 0.244 e. The molecule has 0 spiro atoms. The average Bonchev–Trinajstić information content (AvgIpc) is 2.76. The third kappa shape index (κ3) is 4.24. The van der Waals surface area contributed by atoms with E-state index in [9.17, 15) is 13.2 Å². The Hall–Kier alpha value is -2.67. The molecule has 31 heavy (non-hydrogen) atoms. The highest BCUT2D eigenvalue weighted by molar-refractivity contribution is 7.89. The van der Waals surface area contributed by atoms with E-state index in [-0.39, 0.29) is 17.3 Å². The Kier molecular flexibility index (Phi) is 5.88. The molecule has 3 aromatic carbocycles. The molecule has 3 aromatic rings. The number of hydrogen-bond acceptors (Lipinski definition) is 3. The van der Waals surface area contributed by atoms with Crippen molar-refractivity contribution in [1.82, 2.24) is 4.31 Å². The standard InChI is InChI=1S/C24H23ClN2O3S/c1-16-10-12-20(13-11-16)31(29,30)27-15-19-7-4-3-6-18(19)14-23(27)24(28)26-22-9-5-8-21(25)17(22)2/h3-13,23H,14-15H2,1-2H3,(H,26,28). The minimum atomic E-state index is -3.88. The second-order valence-electron chi connectivity index (χ2n) is 7.75. The molecular formula is C24H23ClN2O3S. The number of carbonyl (C=O) groups is 1. The number of hydrogen-bond donors (Lipinski definition) is 1. The first kappa shape index (κ1) is 21.6. The van der Waals surface area contributed by atoms with E-state index in [2.05, 4.69) is 5.32 Å². The summed E-state index contributed by atoms with van der Waals surface area (Å²) >= 11 is 6.19. The Morgan fingerprint density at radius 2 is 1.65 bits per heavy atom. The van der Waals surface area contributed by atoms with Crippen molar-refractivity contribution in [2.75, 3.05) is 5.32 Å². The zero-order valence-electron chi connectivity index (χ0n) is 17.3. The van der Waals surface area contributed by atoms with E-state index in [0.717, 1.165) is 22.3 Å². The molecule has 0 saturated heterocycles. The highest BCUT2D eigenvalue weighted by atomic mass is 35.5. The van der Waals surface area contributed by atoms with Crippen LogP contribution < -0.4 is 5.32 Å². The monoisotopic (exact) mass is 454 g/mol. The lowest BCUT2D eigenvalue weighted by molar-refractivity contribution is -0.120. The maximum Gasteiger partial charge on any atom is 0.244 e. The molecule has 0 fully saturated rings. The van der Waals surface area contributed by atoms with Crippen LogP contribution in [0.2, 0.25) is 5.02 Å². The number of amides is 1. The number of carbonyl (C=O) groups excluding carboxylic acids is 1. The summed E-state index contributed by atoms with van der Waals surface area (Å²) in [5, 5.41) is 3.42. The van der Waals surface area contributed by atoms with E-state index in [0.29, 0.717) is 17.1 Å². The van der Waals surface area contributed by atoms with Crippen LogP contribution in [0.5, 0.6) is 0 Å². The zero-order chi connectivity index (χ0) is 22.2. The second kappa shape index (κ2) is 8.46. The average molecular weight is 455 g/mol. The Bertz CT molecular complexity index is 1240. The van der Waals surface area contributed by atoms with E-state index in [1.165, 1.54) is 4.31 Å². The van der Waals surface area contributed by atoms with Gasteiger partial charge in [0.1, 0.15) is 6.04 Å². The van der Waals surface area contributed by atoms with Crippen LogP contribution in [0.25, 0.3) is 0 Å². The van der Waals surface area contributed by atoms with Gasteiger partial charge in [0, 0.05) is 17.3 Å². The summed E-state index contributed by atoms with van der Waals surface area (Å²) < 4.78 is 28.3. The zero-order valence-corrected chi connectivity index (χ0v) is 18.9. The molecule has 1 atom stereocenters. The number of rotatable bonds is 4. The molecule has 5 nitrogen and oxygen atoms in total. The van der Waals surface area contributed by atoms with Crippen molar-refractivity contribution in [3.8, 4) is 0 Å². The van der Waals surface area contributed by atoms with Crippen LogP contribution in [0, 0.1) is 13.8 Å². The van der Waals surface area contributed by atoms with Crippen LogP contribution in [-0.4, -0.2) is 24.7 Å². The van der Waals surface area contributed by atoms with Gasteiger partial charge in [-0.05, 0) is 61.2 Å². The van der Waals surface area contributed by atoms with Gasteiger partial charge < -0.3 is 5.32 Å². The van der Waals surface area contributed by atoms with Crippen molar-refractivity contribution in [2.45, 2.75) is 37.8 Å². The normalized spacial score (nSPS) is 16.5. The van der Waals surface area contributed by atoms with Gasteiger partial charge >= 0.3 is 0 Å². The largest absolute Gasteiger partial charge is 0.324 e. The fraction of sp³-hybridized carbons (Fsp3) is 0.208. The maximum atomic E-state index is 13.5. The van der Waals surface area contributed by atoms with Crippen LogP contribution >= 0.6 is 11.6 Å². The molecule has 1 aliphatic rings. The molecule has 0 aromatic heterocycles. The minimum absolute atomic E-state index is 0.138. The molecule has 1 amide bonds. The molecular weight excluding hydrogens is 432 g/mol. The number of nitrogens with one attached hydrogen (secondary N) is 1. The van der Waals surface area contributed by atoms with Gasteiger partial charge in [0.25, 0.3) is 0 Å². The van der Waals surface area contributed by atoms with Crippen LogP contribution in [0.4, 0.5) is 5.69 Å². The quantitative estimate of drug-likeness (QED) is 0.620. The third-order valence-corrected chi connectivity index (χ3v) is 7.94. The SMILES string of the molecule is Cc1ccc(S(=O)(=O)N2Cc3ccccc3CC2C(=O)Nc2cccc(Cl)c2C)cc1. The van der Waals surface area contributed by atoms with Crippen molar-refractivity contribution in [1.29, 1.82) is 0 Å². The van der Waals surface area contributed by atoms with Crippen molar-refractivity contribution in [3.05, 3.63) is 94.0 Å². The topological polar surface area (TPSA) is 66.5 Å². The molecule has 1 aliphatic heterocycles. The summed E-state index contributed by atoms with van der Waals surface area (Å²) in [4.78, 5) is 13.5. The van der Waals surface area contributed by atoms with Crippen LogP contribution in [0.3, 0.4) is 0 Å². The van der Waals surface area contributed by atoms with Gasteiger partial charge in [-0.3, -0.25) is 4.79 Å². The molecule has 0 aliphatic carbocycles. The van der Waals surface area contributed by atoms with Crippen molar-refractivity contribution < 1.29 is 13.2 Å². The molecule has 0 radical (unpaired) electrons. The van der Waals surface area contributed by atoms with E-state index < -0.39 is 16.1 Å². The fourth-order valence-electron chi connectivity index (χ4n) is 3.78. The van der Waals surface area contributed by atoms with Gasteiger partial charge in [-0.1, -0.05) is 59.6 Å². The number of benzene rings is 3. The van der Waals surface area contributed by atoms with Gasteiger partial charge in [-0.2, -0.15) is 4.31 Å². The number of halogens is 1. The number of fused-ring (bicyclic) bond motifs is 1. The second-order valence-corrected chi connectivity index (χ2v) is 10.1. The number of aryl methyl sites for hydroxylation is 1. The molecule has 0 bridgehead atoms. The van der Waals surface area contributed by atoms with Gasteiger partial charge in [0.05, 0.1) is 4.90 Å². The van der Waals surface area contributed by atoms with Crippen LogP contribution in [0.1, 0.15) is 22.3 Å². The number of nitrogens with zero attached hydrogens (tertiary/aromatic N) is 1. The third-order valence-electron chi connectivity index (χ3n) is 5.66. The Balaban J connectivity index is 1.73. The summed E-state index contributed by atoms with van der Waals surface area (Å²) in [5.74, 6) is -0.379. The molecule has 160 valence electrons. The molecule has 1 unspecified atom stereocenters. The number of sulfonamides is 1. The first-order valence-corrected chi connectivity index (χ1v) is 11.8. The van der Waals surface area contributed by atoms with Crippen molar-refractivity contribution >= 4 is 33.2 Å². The van der Waals surface area contributed by atoms with Crippen LogP contribution in [0.15, 0.2) is 71.6 Å². The summed E-state index contributed by atoms with van der Waals surface area (Å²) in [5.41, 5.74) is 4.15. The lowest BCUT2D eigenvalue weighted by Crippen LogP contribution is -2.50. The van der Waals surface area contributed by atoms with Crippen LogP contribution in [-0.2, 0) is 27.8 Å². The molecule has 0 saturated carbocycles. The summed E-state index contributed by atoms with van der Waals surface area (Å²) in [6.45, 7) is 3.85. The van der Waals surface area contributed by atoms with E-state index in [1.807, 2.05) is 38.1 Å². The van der Waals surface area contributed by atoms with E-state index in [1.54, 1.807) is 42.5 Å². The first-order valence-electron chi connectivity index (χ1n) is 9.98. The molecule has 1 N–H and O–H groups in total. The lowest BCUT2D eigenvalue weighted by atomic mass is 9.95. The Morgan fingerprint density at radius 1 is 0.968 bits per heavy atom. The predicted molar refractivity (Wildman–Crippen MR) is 123 cm³/mol. The first-order chi connectivity index (χ1) is 14.8. The Morgan fingerprint density at radius 3 is 2.35 bits per heavy atom. The van der Waals surface area contributed by atoms with Gasteiger partial charge in [-0.15, -0.1) is 0 Å². The van der Waals surface area contributed by atoms with Gasteiger partial charge in [-0.25, -0.2) is 8.42 Å². The maximum absolute atomic E-state index is 13.5.